The van der Waals surface area contributed by atoms with Crippen LogP contribution in [0.3, 0.4) is 0 Å². The summed E-state index contributed by atoms with van der Waals surface area (Å²) in [5, 5.41) is 19.7. The topological polar surface area (TPSA) is 102 Å². The van der Waals surface area contributed by atoms with Gasteiger partial charge in [0, 0.05) is 11.6 Å². The zero-order valence-electron chi connectivity index (χ0n) is 10.5. The van der Waals surface area contributed by atoms with Crippen molar-refractivity contribution in [2.24, 2.45) is 0 Å². The highest BCUT2D eigenvalue weighted by Gasteiger charge is 2.26. The van der Waals surface area contributed by atoms with Crippen LogP contribution in [0.25, 0.3) is 0 Å². The fourth-order valence-electron chi connectivity index (χ4n) is 1.53. The molecule has 0 amide bonds. The first-order chi connectivity index (χ1) is 9.04. The van der Waals surface area contributed by atoms with E-state index < -0.39 is 16.8 Å². The van der Waals surface area contributed by atoms with Crippen LogP contribution in [-0.4, -0.2) is 24.6 Å². The number of carbonyl (C=O) groups excluding carboxylic acids is 1. The van der Waals surface area contributed by atoms with Gasteiger partial charge in [-0.2, -0.15) is 5.26 Å². The molecule has 7 heteroatoms. The molecule has 1 atom stereocenters. The van der Waals surface area contributed by atoms with Gasteiger partial charge in [-0.05, 0) is 13.0 Å². The molecule has 0 saturated heterocycles. The number of rotatable bonds is 5. The second kappa shape index (κ2) is 6.35. The molecule has 1 rings (SSSR count). The predicted octanol–water partition coefficient (Wildman–Crippen LogP) is 1.77. The molecule has 100 valence electrons. The molecular weight excluding hydrogens is 252 g/mol. The van der Waals surface area contributed by atoms with E-state index in [4.69, 9.17) is 14.7 Å². The minimum absolute atomic E-state index is 0.105. The quantitative estimate of drug-likeness (QED) is 0.456. The van der Waals surface area contributed by atoms with Crippen molar-refractivity contribution in [1.82, 2.24) is 0 Å². The summed E-state index contributed by atoms with van der Waals surface area (Å²) >= 11 is 0. The van der Waals surface area contributed by atoms with Crippen LogP contribution in [0.4, 0.5) is 5.69 Å². The smallest absolute Gasteiger partial charge is 0.328 e. The molecule has 0 aliphatic rings. The number of nitrogens with zero attached hydrogens (tertiary/aromatic N) is 2. The van der Waals surface area contributed by atoms with Gasteiger partial charge in [0.05, 0.1) is 30.8 Å². The molecule has 0 aliphatic carbocycles. The number of hydrogen-bond donors (Lipinski definition) is 0. The fourth-order valence-corrected chi connectivity index (χ4v) is 1.53. The van der Waals surface area contributed by atoms with E-state index in [0.29, 0.717) is 0 Å². The molecular formula is C12H12N2O5. The zero-order chi connectivity index (χ0) is 14.4. The highest BCUT2D eigenvalue weighted by molar-refractivity contribution is 5.82. The largest absolute Gasteiger partial charge is 0.496 e. The average Bonchev–Trinajstić information content (AvgIpc) is 2.40. The van der Waals surface area contributed by atoms with Gasteiger partial charge >= 0.3 is 5.97 Å². The summed E-state index contributed by atoms with van der Waals surface area (Å²) in [4.78, 5) is 21.7. The molecule has 0 aromatic heterocycles. The van der Waals surface area contributed by atoms with Gasteiger partial charge in [0.1, 0.15) is 5.75 Å². The van der Waals surface area contributed by atoms with E-state index in [0.717, 1.165) is 0 Å². The standard InChI is InChI=1S/C12H12N2O5/c1-3-19-12(15)10(7-13)9-5-4-8(14(16)17)6-11(9)18-2/h4-6,10H,3H2,1-2H3. The zero-order valence-corrected chi connectivity index (χ0v) is 10.5. The number of nitriles is 1. The monoisotopic (exact) mass is 264 g/mol. The van der Waals surface area contributed by atoms with E-state index in [1.54, 1.807) is 13.0 Å². The lowest BCUT2D eigenvalue weighted by atomic mass is 9.99. The van der Waals surface area contributed by atoms with E-state index in [1.807, 2.05) is 0 Å². The Morgan fingerprint density at radius 1 is 1.58 bits per heavy atom. The number of esters is 1. The molecule has 0 heterocycles. The number of methoxy groups -OCH3 is 1. The molecule has 0 N–H and O–H groups in total. The Balaban J connectivity index is 3.21. The van der Waals surface area contributed by atoms with Gasteiger partial charge in [-0.1, -0.05) is 0 Å². The van der Waals surface area contributed by atoms with Crippen molar-refractivity contribution in [1.29, 1.82) is 5.26 Å². The first-order valence-corrected chi connectivity index (χ1v) is 5.43. The van der Waals surface area contributed by atoms with Crippen molar-refractivity contribution in [3.63, 3.8) is 0 Å². The number of carbonyl (C=O) groups is 1. The van der Waals surface area contributed by atoms with Crippen molar-refractivity contribution in [2.45, 2.75) is 12.8 Å². The first-order valence-electron chi connectivity index (χ1n) is 5.43. The second-order valence-electron chi connectivity index (χ2n) is 3.50. The van der Waals surface area contributed by atoms with Crippen LogP contribution < -0.4 is 4.74 Å². The predicted molar refractivity (Wildman–Crippen MR) is 64.6 cm³/mol. The van der Waals surface area contributed by atoms with E-state index in [2.05, 4.69) is 0 Å². The van der Waals surface area contributed by atoms with Crippen LogP contribution in [0.5, 0.6) is 5.75 Å². The third-order valence-corrected chi connectivity index (χ3v) is 2.39. The highest BCUT2D eigenvalue weighted by Crippen LogP contribution is 2.31. The molecule has 0 spiro atoms. The maximum absolute atomic E-state index is 11.6. The van der Waals surface area contributed by atoms with Crippen molar-refractivity contribution >= 4 is 11.7 Å². The van der Waals surface area contributed by atoms with E-state index >= 15 is 0 Å². The van der Waals surface area contributed by atoms with Crippen molar-refractivity contribution in [3.8, 4) is 11.8 Å². The molecule has 19 heavy (non-hydrogen) atoms. The minimum Gasteiger partial charge on any atom is -0.496 e. The fraction of sp³-hybridized carbons (Fsp3) is 0.333. The molecule has 0 radical (unpaired) electrons. The third kappa shape index (κ3) is 3.19. The van der Waals surface area contributed by atoms with Gasteiger partial charge in [0.2, 0.25) is 0 Å². The Bertz CT molecular complexity index is 535. The van der Waals surface area contributed by atoms with Gasteiger partial charge in [0.25, 0.3) is 5.69 Å². The summed E-state index contributed by atoms with van der Waals surface area (Å²) in [6, 6.07) is 5.50. The average molecular weight is 264 g/mol. The summed E-state index contributed by atoms with van der Waals surface area (Å²) in [6.07, 6.45) is 0. The maximum atomic E-state index is 11.6. The molecule has 1 aromatic carbocycles. The lowest BCUT2D eigenvalue weighted by Crippen LogP contribution is -2.15. The van der Waals surface area contributed by atoms with Gasteiger partial charge in [-0.3, -0.25) is 14.9 Å². The highest BCUT2D eigenvalue weighted by atomic mass is 16.6. The molecule has 0 bridgehead atoms. The van der Waals surface area contributed by atoms with Crippen LogP contribution >= 0.6 is 0 Å². The minimum atomic E-state index is -1.17. The molecule has 0 aliphatic heterocycles. The number of non-ortho nitro benzene ring substituents is 1. The molecule has 1 unspecified atom stereocenters. The second-order valence-corrected chi connectivity index (χ2v) is 3.50. The van der Waals surface area contributed by atoms with Gasteiger partial charge < -0.3 is 9.47 Å². The summed E-state index contributed by atoms with van der Waals surface area (Å²) in [7, 11) is 1.31. The Morgan fingerprint density at radius 3 is 2.74 bits per heavy atom. The Labute approximate surface area is 109 Å². The Morgan fingerprint density at radius 2 is 2.26 bits per heavy atom. The molecule has 1 aromatic rings. The third-order valence-electron chi connectivity index (χ3n) is 2.39. The van der Waals surface area contributed by atoms with Gasteiger partial charge in [-0.15, -0.1) is 0 Å². The SMILES string of the molecule is CCOC(=O)C(C#N)c1ccc([N+](=O)[O-])cc1OC. The van der Waals surface area contributed by atoms with E-state index in [1.165, 1.54) is 25.3 Å². The summed E-state index contributed by atoms with van der Waals surface area (Å²) < 4.78 is 9.76. The van der Waals surface area contributed by atoms with Crippen LogP contribution in [0.15, 0.2) is 18.2 Å². The lowest BCUT2D eigenvalue weighted by Gasteiger charge is -2.12. The van der Waals surface area contributed by atoms with Crippen molar-refractivity contribution < 1.29 is 19.2 Å². The number of ether oxygens (including phenoxy) is 2. The number of nitro groups is 1. The molecule has 7 nitrogen and oxygen atoms in total. The van der Waals surface area contributed by atoms with E-state index in [-0.39, 0.29) is 23.6 Å². The lowest BCUT2D eigenvalue weighted by molar-refractivity contribution is -0.384. The van der Waals surface area contributed by atoms with Crippen molar-refractivity contribution in [3.05, 3.63) is 33.9 Å². The molecule has 0 saturated carbocycles. The summed E-state index contributed by atoms with van der Waals surface area (Å²) in [6.45, 7) is 1.77. The first kappa shape index (κ1) is 14.4. The number of nitro benzene ring substituents is 1. The van der Waals surface area contributed by atoms with Gasteiger partial charge in [0.15, 0.2) is 5.92 Å². The Hall–Kier alpha value is -2.62. The van der Waals surface area contributed by atoms with Crippen LogP contribution in [0.2, 0.25) is 0 Å². The van der Waals surface area contributed by atoms with Crippen LogP contribution in [0.1, 0.15) is 18.4 Å². The number of hydrogen-bond acceptors (Lipinski definition) is 6. The van der Waals surface area contributed by atoms with Crippen LogP contribution in [-0.2, 0) is 9.53 Å². The van der Waals surface area contributed by atoms with Crippen molar-refractivity contribution in [2.75, 3.05) is 13.7 Å². The normalized spacial score (nSPS) is 11.2. The molecule has 0 fully saturated rings. The maximum Gasteiger partial charge on any atom is 0.328 e. The number of benzene rings is 1. The Kier molecular flexibility index (Phi) is 4.83. The summed E-state index contributed by atoms with van der Waals surface area (Å²) in [5.41, 5.74) is 0.0650. The van der Waals surface area contributed by atoms with E-state index in [9.17, 15) is 14.9 Å². The van der Waals surface area contributed by atoms with Gasteiger partial charge in [-0.25, -0.2) is 0 Å². The summed E-state index contributed by atoms with van der Waals surface area (Å²) in [5.74, 6) is -1.78. The van der Waals surface area contributed by atoms with Crippen LogP contribution in [0, 0.1) is 21.4 Å².